The van der Waals surface area contributed by atoms with Gasteiger partial charge < -0.3 is 0 Å². The van der Waals surface area contributed by atoms with Crippen molar-refractivity contribution in [1.82, 2.24) is 0 Å². The summed E-state index contributed by atoms with van der Waals surface area (Å²) in [6.45, 7) is 3.70. The normalized spacial score (nSPS) is 11.7. The van der Waals surface area contributed by atoms with Gasteiger partial charge in [0.05, 0.1) is 0 Å². The molecular formula is C12H21Cl3. The molecule has 0 aromatic rings. The van der Waals surface area contributed by atoms with Crippen molar-refractivity contribution in [1.29, 1.82) is 0 Å². The van der Waals surface area contributed by atoms with Gasteiger partial charge in [0, 0.05) is 0 Å². The van der Waals surface area contributed by atoms with Gasteiger partial charge in [-0.05, 0) is 25.7 Å². The number of allylic oxidation sites excluding steroid dienone is 1. The van der Waals surface area contributed by atoms with Crippen molar-refractivity contribution in [3.05, 3.63) is 12.7 Å². The molecule has 0 spiro atoms. The number of rotatable bonds is 9. The zero-order valence-corrected chi connectivity index (χ0v) is 11.6. The minimum atomic E-state index is -1.05. The van der Waals surface area contributed by atoms with Gasteiger partial charge in [-0.15, -0.1) is 6.58 Å². The van der Waals surface area contributed by atoms with E-state index in [2.05, 4.69) is 6.58 Å². The molecule has 0 aliphatic heterocycles. The van der Waals surface area contributed by atoms with Crippen LogP contribution in [0.3, 0.4) is 0 Å². The van der Waals surface area contributed by atoms with Crippen LogP contribution in [0.5, 0.6) is 0 Å². The molecule has 0 nitrogen and oxygen atoms in total. The van der Waals surface area contributed by atoms with Crippen molar-refractivity contribution in [2.75, 3.05) is 0 Å². The maximum absolute atomic E-state index is 5.65. The topological polar surface area (TPSA) is 0 Å². The van der Waals surface area contributed by atoms with E-state index in [1.807, 2.05) is 6.08 Å². The predicted octanol–water partition coefficient (Wildman–Crippen LogP) is 6.05. The molecule has 0 heterocycles. The molecule has 0 fully saturated rings. The molecule has 0 unspecified atom stereocenters. The first-order valence-corrected chi connectivity index (χ1v) is 6.87. The molecular weight excluding hydrogens is 250 g/mol. The van der Waals surface area contributed by atoms with Gasteiger partial charge in [0.1, 0.15) is 0 Å². The number of alkyl halides is 3. The maximum Gasteiger partial charge on any atom is 0.190 e. The monoisotopic (exact) mass is 270 g/mol. The second-order valence-electron chi connectivity index (χ2n) is 3.92. The Bertz CT molecular complexity index is 149. The highest BCUT2D eigenvalue weighted by atomic mass is 35.6. The summed E-state index contributed by atoms with van der Waals surface area (Å²) in [6, 6.07) is 0. The highest BCUT2D eigenvalue weighted by Crippen LogP contribution is 2.32. The third-order valence-electron chi connectivity index (χ3n) is 2.37. The first-order chi connectivity index (χ1) is 7.06. The maximum atomic E-state index is 5.65. The minimum absolute atomic E-state index is 0.675. The minimum Gasteiger partial charge on any atom is -0.103 e. The van der Waals surface area contributed by atoms with Crippen LogP contribution in [0.2, 0.25) is 0 Å². The Morgan fingerprint density at radius 2 is 1.27 bits per heavy atom. The Balaban J connectivity index is 3.02. The zero-order valence-electron chi connectivity index (χ0n) is 9.28. The van der Waals surface area contributed by atoms with E-state index in [0.717, 1.165) is 12.8 Å². The molecule has 0 aromatic heterocycles. The van der Waals surface area contributed by atoms with E-state index in [1.54, 1.807) is 0 Å². The molecule has 0 aromatic carbocycles. The fourth-order valence-corrected chi connectivity index (χ4v) is 1.90. The van der Waals surface area contributed by atoms with Crippen LogP contribution in [0.1, 0.15) is 57.8 Å². The van der Waals surface area contributed by atoms with Crippen molar-refractivity contribution in [2.45, 2.75) is 61.6 Å². The molecule has 0 atom stereocenters. The summed E-state index contributed by atoms with van der Waals surface area (Å²) < 4.78 is -1.05. The molecule has 0 bridgehead atoms. The Labute approximate surface area is 109 Å². The smallest absolute Gasteiger partial charge is 0.103 e. The molecule has 0 saturated carbocycles. The summed E-state index contributed by atoms with van der Waals surface area (Å²) in [6.07, 6.45) is 12.5. The van der Waals surface area contributed by atoms with Gasteiger partial charge in [-0.1, -0.05) is 73.0 Å². The van der Waals surface area contributed by atoms with E-state index in [4.69, 9.17) is 34.8 Å². The van der Waals surface area contributed by atoms with Gasteiger partial charge in [0.15, 0.2) is 3.79 Å². The van der Waals surface area contributed by atoms with E-state index in [9.17, 15) is 0 Å². The number of unbranched alkanes of at least 4 members (excludes halogenated alkanes) is 7. The SMILES string of the molecule is C=CCCCCCCCCCC(Cl)(Cl)Cl. The average Bonchev–Trinajstić information content (AvgIpc) is 2.14. The van der Waals surface area contributed by atoms with Crippen molar-refractivity contribution in [2.24, 2.45) is 0 Å². The van der Waals surface area contributed by atoms with Crippen molar-refractivity contribution >= 4 is 34.8 Å². The summed E-state index contributed by atoms with van der Waals surface area (Å²) in [5, 5.41) is 0. The Hall–Kier alpha value is 0.610. The Morgan fingerprint density at radius 3 is 1.73 bits per heavy atom. The molecule has 15 heavy (non-hydrogen) atoms. The first-order valence-electron chi connectivity index (χ1n) is 5.74. The average molecular weight is 272 g/mol. The zero-order chi connectivity index (χ0) is 11.6. The lowest BCUT2D eigenvalue weighted by molar-refractivity contribution is 0.572. The number of halogens is 3. The molecule has 0 aliphatic carbocycles. The molecule has 0 aliphatic rings. The van der Waals surface area contributed by atoms with E-state index in [-0.39, 0.29) is 0 Å². The van der Waals surface area contributed by atoms with Crippen LogP contribution >= 0.6 is 34.8 Å². The van der Waals surface area contributed by atoms with E-state index in [0.29, 0.717) is 6.42 Å². The van der Waals surface area contributed by atoms with Gasteiger partial charge in [-0.25, -0.2) is 0 Å². The molecule has 0 N–H and O–H groups in total. The van der Waals surface area contributed by atoms with Crippen LogP contribution in [0, 0.1) is 0 Å². The molecule has 0 radical (unpaired) electrons. The lowest BCUT2D eigenvalue weighted by atomic mass is 10.1. The van der Waals surface area contributed by atoms with Crippen molar-refractivity contribution in [3.8, 4) is 0 Å². The predicted molar refractivity (Wildman–Crippen MR) is 72.0 cm³/mol. The molecule has 0 rings (SSSR count). The van der Waals surface area contributed by atoms with Crippen LogP contribution in [0.4, 0.5) is 0 Å². The molecule has 0 saturated heterocycles. The van der Waals surface area contributed by atoms with Gasteiger partial charge in [-0.3, -0.25) is 0 Å². The van der Waals surface area contributed by atoms with Crippen molar-refractivity contribution in [3.63, 3.8) is 0 Å². The number of hydrogen-bond donors (Lipinski definition) is 0. The van der Waals surface area contributed by atoms with Crippen molar-refractivity contribution < 1.29 is 0 Å². The summed E-state index contributed by atoms with van der Waals surface area (Å²) in [4.78, 5) is 0. The Kier molecular flexibility index (Phi) is 10.2. The summed E-state index contributed by atoms with van der Waals surface area (Å²) >= 11 is 17.0. The fourth-order valence-electron chi connectivity index (χ4n) is 1.50. The summed E-state index contributed by atoms with van der Waals surface area (Å²) in [5.41, 5.74) is 0. The second-order valence-corrected chi connectivity index (χ2v) is 6.43. The van der Waals surface area contributed by atoms with Crippen LogP contribution < -0.4 is 0 Å². The van der Waals surface area contributed by atoms with E-state index < -0.39 is 3.79 Å². The molecule has 3 heteroatoms. The third-order valence-corrected chi connectivity index (χ3v) is 2.94. The fraction of sp³-hybridized carbons (Fsp3) is 0.833. The molecule has 0 amide bonds. The van der Waals surface area contributed by atoms with E-state index in [1.165, 1.54) is 38.5 Å². The highest BCUT2D eigenvalue weighted by molar-refractivity contribution is 6.67. The molecule has 90 valence electrons. The van der Waals surface area contributed by atoms with Gasteiger partial charge in [0.25, 0.3) is 0 Å². The third kappa shape index (κ3) is 14.6. The lowest BCUT2D eigenvalue weighted by Crippen LogP contribution is -2.00. The van der Waals surface area contributed by atoms with Crippen LogP contribution in [-0.2, 0) is 0 Å². The lowest BCUT2D eigenvalue weighted by Gasteiger charge is -2.09. The Morgan fingerprint density at radius 1 is 0.800 bits per heavy atom. The second kappa shape index (κ2) is 9.81. The van der Waals surface area contributed by atoms with Gasteiger partial charge in [-0.2, -0.15) is 0 Å². The van der Waals surface area contributed by atoms with Crippen LogP contribution in [-0.4, -0.2) is 3.79 Å². The van der Waals surface area contributed by atoms with Crippen LogP contribution in [0.15, 0.2) is 12.7 Å². The summed E-state index contributed by atoms with van der Waals surface area (Å²) in [7, 11) is 0. The number of hydrogen-bond acceptors (Lipinski definition) is 0. The quantitative estimate of drug-likeness (QED) is 0.272. The standard InChI is InChI=1S/C12H21Cl3/c1-2-3-4-5-6-7-8-9-10-11-12(13,14)15/h2H,1,3-11H2. The largest absolute Gasteiger partial charge is 0.190 e. The van der Waals surface area contributed by atoms with Crippen LogP contribution in [0.25, 0.3) is 0 Å². The van der Waals surface area contributed by atoms with Gasteiger partial charge in [0.2, 0.25) is 0 Å². The van der Waals surface area contributed by atoms with E-state index >= 15 is 0 Å². The first kappa shape index (κ1) is 15.6. The summed E-state index contributed by atoms with van der Waals surface area (Å²) in [5.74, 6) is 0. The van der Waals surface area contributed by atoms with Gasteiger partial charge >= 0.3 is 0 Å². The highest BCUT2D eigenvalue weighted by Gasteiger charge is 2.17.